The van der Waals surface area contributed by atoms with Crippen molar-refractivity contribution < 1.29 is 0 Å². The van der Waals surface area contributed by atoms with Gasteiger partial charge >= 0.3 is 0 Å². The Morgan fingerprint density at radius 2 is 2.41 bits per heavy atom. The normalized spacial score (nSPS) is 10.1. The third kappa shape index (κ3) is 3.25. The molecule has 17 heavy (non-hydrogen) atoms. The molecule has 0 atom stereocenters. The molecular weight excluding hydrogens is 252 g/mol. The Bertz CT molecular complexity index is 544. The SMILES string of the molecule is CCc1nsc(SCc2ccnc(C#N)c2)n1. The number of rotatable bonds is 4. The molecule has 4 nitrogen and oxygen atoms in total. The van der Waals surface area contributed by atoms with Gasteiger partial charge < -0.3 is 0 Å². The maximum Gasteiger partial charge on any atom is 0.170 e. The topological polar surface area (TPSA) is 62.5 Å². The first-order valence-electron chi connectivity index (χ1n) is 5.12. The standard InChI is InChI=1S/C11H10N4S2/c1-2-10-14-11(17-15-10)16-7-8-3-4-13-9(5-8)6-12/h3-5H,2,7H2,1H3. The predicted molar refractivity (Wildman–Crippen MR) is 67.8 cm³/mol. The number of hydrogen-bond acceptors (Lipinski definition) is 6. The summed E-state index contributed by atoms with van der Waals surface area (Å²) in [5, 5.41) is 8.74. The van der Waals surface area contributed by atoms with Crippen LogP contribution in [0, 0.1) is 11.3 Å². The zero-order chi connectivity index (χ0) is 12.1. The monoisotopic (exact) mass is 262 g/mol. The molecule has 6 heteroatoms. The lowest BCUT2D eigenvalue weighted by molar-refractivity contribution is 0.971. The lowest BCUT2D eigenvalue weighted by atomic mass is 10.2. The molecule has 0 amide bonds. The van der Waals surface area contributed by atoms with Gasteiger partial charge in [0.15, 0.2) is 4.34 Å². The first-order chi connectivity index (χ1) is 8.31. The molecule has 0 saturated heterocycles. The van der Waals surface area contributed by atoms with Crippen LogP contribution in [0.4, 0.5) is 0 Å². The van der Waals surface area contributed by atoms with Gasteiger partial charge in [-0.2, -0.15) is 9.64 Å². The van der Waals surface area contributed by atoms with E-state index >= 15 is 0 Å². The Balaban J connectivity index is 1.99. The van der Waals surface area contributed by atoms with Crippen LogP contribution in [0.15, 0.2) is 22.7 Å². The number of aromatic nitrogens is 3. The zero-order valence-electron chi connectivity index (χ0n) is 9.25. The van der Waals surface area contributed by atoms with Crippen LogP contribution < -0.4 is 0 Å². The summed E-state index contributed by atoms with van der Waals surface area (Å²) in [7, 11) is 0. The van der Waals surface area contributed by atoms with Crippen molar-refractivity contribution in [2.24, 2.45) is 0 Å². The van der Waals surface area contributed by atoms with Crippen LogP contribution in [0.1, 0.15) is 24.0 Å². The molecule has 0 aliphatic heterocycles. The molecule has 0 aromatic carbocycles. The van der Waals surface area contributed by atoms with Crippen molar-refractivity contribution in [2.45, 2.75) is 23.4 Å². The maximum absolute atomic E-state index is 8.74. The van der Waals surface area contributed by atoms with E-state index in [1.165, 1.54) is 11.5 Å². The second kappa shape index (κ2) is 5.75. The van der Waals surface area contributed by atoms with Crippen LogP contribution in [0.3, 0.4) is 0 Å². The number of pyridine rings is 1. The molecular formula is C11H10N4S2. The molecule has 2 aromatic heterocycles. The Morgan fingerprint density at radius 1 is 1.53 bits per heavy atom. The fourth-order valence-corrected chi connectivity index (χ4v) is 2.85. The summed E-state index contributed by atoms with van der Waals surface area (Å²) < 4.78 is 5.20. The minimum atomic E-state index is 0.453. The van der Waals surface area contributed by atoms with Gasteiger partial charge in [0.05, 0.1) is 0 Å². The Labute approximate surface area is 108 Å². The first kappa shape index (κ1) is 12.0. The lowest BCUT2D eigenvalue weighted by Crippen LogP contribution is -1.86. The van der Waals surface area contributed by atoms with Crippen molar-refractivity contribution in [1.82, 2.24) is 14.3 Å². The third-order valence-electron chi connectivity index (χ3n) is 2.07. The van der Waals surface area contributed by atoms with Crippen molar-refractivity contribution in [3.05, 3.63) is 35.4 Å². The second-order valence-corrected chi connectivity index (χ2v) is 5.25. The van der Waals surface area contributed by atoms with Crippen molar-refractivity contribution in [3.63, 3.8) is 0 Å². The minimum Gasteiger partial charge on any atom is -0.246 e. The van der Waals surface area contributed by atoms with Gasteiger partial charge in [-0.25, -0.2) is 9.97 Å². The molecule has 0 radical (unpaired) electrons. The summed E-state index contributed by atoms with van der Waals surface area (Å²) in [5.41, 5.74) is 1.53. The fraction of sp³-hybridized carbons (Fsp3) is 0.273. The fourth-order valence-electron chi connectivity index (χ4n) is 1.21. The van der Waals surface area contributed by atoms with Gasteiger partial charge in [-0.05, 0) is 29.2 Å². The van der Waals surface area contributed by atoms with Gasteiger partial charge in [-0.1, -0.05) is 18.7 Å². The molecule has 2 heterocycles. The molecule has 0 spiro atoms. The summed E-state index contributed by atoms with van der Waals surface area (Å²) in [6, 6.07) is 5.75. The van der Waals surface area contributed by atoms with Crippen LogP contribution >= 0.6 is 23.3 Å². The average Bonchev–Trinajstić information content (AvgIpc) is 2.84. The van der Waals surface area contributed by atoms with Gasteiger partial charge in [-0.3, -0.25) is 0 Å². The summed E-state index contributed by atoms with van der Waals surface area (Å²) in [5.74, 6) is 1.68. The van der Waals surface area contributed by atoms with E-state index in [1.54, 1.807) is 24.0 Å². The van der Waals surface area contributed by atoms with Crippen molar-refractivity contribution in [2.75, 3.05) is 0 Å². The number of thioether (sulfide) groups is 1. The first-order valence-corrected chi connectivity index (χ1v) is 6.88. The molecule has 86 valence electrons. The van der Waals surface area contributed by atoms with Gasteiger partial charge in [0.25, 0.3) is 0 Å². The zero-order valence-corrected chi connectivity index (χ0v) is 10.9. The summed E-state index contributed by atoms with van der Waals surface area (Å²) in [6.45, 7) is 2.04. The molecule has 0 N–H and O–H groups in total. The highest BCUT2D eigenvalue weighted by atomic mass is 32.2. The van der Waals surface area contributed by atoms with E-state index in [2.05, 4.69) is 14.3 Å². The average molecular weight is 262 g/mol. The quantitative estimate of drug-likeness (QED) is 0.793. The van der Waals surface area contributed by atoms with Gasteiger partial charge in [0.2, 0.25) is 0 Å². The molecule has 2 aromatic rings. The van der Waals surface area contributed by atoms with Crippen LogP contribution in [0.2, 0.25) is 0 Å². The van der Waals surface area contributed by atoms with Crippen molar-refractivity contribution in [3.8, 4) is 6.07 Å². The van der Waals surface area contributed by atoms with Crippen LogP contribution in [0.25, 0.3) is 0 Å². The highest BCUT2D eigenvalue weighted by molar-refractivity contribution is 8.00. The van der Waals surface area contributed by atoms with E-state index in [1.807, 2.05) is 19.1 Å². The molecule has 0 fully saturated rings. The minimum absolute atomic E-state index is 0.453. The van der Waals surface area contributed by atoms with E-state index in [4.69, 9.17) is 5.26 Å². The van der Waals surface area contributed by atoms with Gasteiger partial charge in [-0.15, -0.1) is 0 Å². The number of nitriles is 1. The number of nitrogens with zero attached hydrogens (tertiary/aromatic N) is 4. The Kier molecular flexibility index (Phi) is 4.07. The predicted octanol–water partition coefficient (Wildman–Crippen LogP) is 2.66. The van der Waals surface area contributed by atoms with E-state index < -0.39 is 0 Å². The Hall–Kier alpha value is -1.45. The lowest BCUT2D eigenvalue weighted by Gasteiger charge is -1.98. The van der Waals surface area contributed by atoms with Gasteiger partial charge in [0, 0.05) is 18.4 Å². The molecule has 0 aliphatic rings. The van der Waals surface area contributed by atoms with Crippen LogP contribution in [-0.4, -0.2) is 14.3 Å². The van der Waals surface area contributed by atoms with E-state index in [0.717, 1.165) is 27.9 Å². The number of hydrogen-bond donors (Lipinski definition) is 0. The summed E-state index contributed by atoms with van der Waals surface area (Å²) >= 11 is 3.06. The van der Waals surface area contributed by atoms with Gasteiger partial charge in [0.1, 0.15) is 17.6 Å². The molecule has 0 bridgehead atoms. The molecule has 0 unspecified atom stereocenters. The second-order valence-electron chi connectivity index (χ2n) is 3.28. The van der Waals surface area contributed by atoms with Crippen molar-refractivity contribution in [1.29, 1.82) is 5.26 Å². The highest BCUT2D eigenvalue weighted by Gasteiger charge is 2.04. The summed E-state index contributed by atoms with van der Waals surface area (Å²) in [6.07, 6.45) is 2.52. The van der Waals surface area contributed by atoms with Crippen LogP contribution in [0.5, 0.6) is 0 Å². The third-order valence-corrected chi connectivity index (χ3v) is 4.01. The highest BCUT2D eigenvalue weighted by Crippen LogP contribution is 2.24. The maximum atomic E-state index is 8.74. The smallest absolute Gasteiger partial charge is 0.170 e. The van der Waals surface area contributed by atoms with E-state index in [9.17, 15) is 0 Å². The largest absolute Gasteiger partial charge is 0.246 e. The molecule has 2 rings (SSSR count). The van der Waals surface area contributed by atoms with E-state index in [0.29, 0.717) is 5.69 Å². The molecule has 0 aliphatic carbocycles. The van der Waals surface area contributed by atoms with Crippen LogP contribution in [-0.2, 0) is 12.2 Å². The summed E-state index contributed by atoms with van der Waals surface area (Å²) in [4.78, 5) is 8.31. The van der Waals surface area contributed by atoms with E-state index in [-0.39, 0.29) is 0 Å². The Morgan fingerprint density at radius 3 is 3.12 bits per heavy atom. The number of aryl methyl sites for hydroxylation is 1. The molecule has 0 saturated carbocycles. The van der Waals surface area contributed by atoms with Crippen molar-refractivity contribution >= 4 is 23.3 Å².